The molecule has 0 bridgehead atoms. The summed E-state index contributed by atoms with van der Waals surface area (Å²) in [4.78, 5) is 18.8. The van der Waals surface area contributed by atoms with E-state index in [4.69, 9.17) is 4.42 Å². The second kappa shape index (κ2) is 5.76. The van der Waals surface area contributed by atoms with Gasteiger partial charge in [0.2, 0.25) is 5.91 Å². The Labute approximate surface area is 124 Å². The molecule has 2 aromatic rings. The fraction of sp³-hybridized carbons (Fsp3) is 0.500. The van der Waals surface area contributed by atoms with E-state index < -0.39 is 0 Å². The van der Waals surface area contributed by atoms with E-state index >= 15 is 0 Å². The molecule has 0 saturated carbocycles. The maximum atomic E-state index is 12.5. The maximum absolute atomic E-state index is 12.5. The molecule has 1 N–H and O–H groups in total. The van der Waals surface area contributed by atoms with Crippen LogP contribution in [0, 0.1) is 0 Å². The Morgan fingerprint density at radius 2 is 2.24 bits per heavy atom. The summed E-state index contributed by atoms with van der Waals surface area (Å²) in [5.41, 5.74) is 1.52. The van der Waals surface area contributed by atoms with Crippen LogP contribution >= 0.6 is 0 Å². The molecule has 1 amide bonds. The van der Waals surface area contributed by atoms with Gasteiger partial charge in [-0.15, -0.1) is 0 Å². The Bertz CT molecular complexity index is 604. The van der Waals surface area contributed by atoms with Crippen LogP contribution < -0.4 is 5.32 Å². The summed E-state index contributed by atoms with van der Waals surface area (Å²) in [5.74, 6) is 0.115. The number of hydrogen-bond acceptors (Lipinski definition) is 4. The molecule has 0 aliphatic carbocycles. The summed E-state index contributed by atoms with van der Waals surface area (Å²) < 4.78 is 5.61. The minimum atomic E-state index is -0.335. The van der Waals surface area contributed by atoms with E-state index in [1.807, 2.05) is 36.1 Å². The second-order valence-electron chi connectivity index (χ2n) is 5.73. The van der Waals surface area contributed by atoms with Gasteiger partial charge in [-0.25, -0.2) is 0 Å². The number of aromatic nitrogens is 1. The van der Waals surface area contributed by atoms with E-state index in [1.54, 1.807) is 0 Å². The van der Waals surface area contributed by atoms with Crippen molar-refractivity contribution in [1.82, 2.24) is 9.88 Å². The van der Waals surface area contributed by atoms with Gasteiger partial charge in [-0.1, -0.05) is 12.1 Å². The maximum Gasteiger partial charge on any atom is 0.296 e. The number of fused-ring (bicyclic) bond motifs is 1. The molecule has 1 fully saturated rings. The molecule has 2 unspecified atom stereocenters. The lowest BCUT2D eigenvalue weighted by molar-refractivity contribution is -0.134. The molecular formula is C16H21N3O2. The second-order valence-corrected chi connectivity index (χ2v) is 5.73. The predicted octanol–water partition coefficient (Wildman–Crippen LogP) is 3.03. The fourth-order valence-electron chi connectivity index (χ4n) is 2.86. The van der Waals surface area contributed by atoms with Gasteiger partial charge in [-0.2, -0.15) is 4.98 Å². The molecule has 0 spiro atoms. The standard InChI is InChI=1S/C16H21N3O2/c1-11-7-5-6-10-19(11)15(20)12(2)17-16-18-13-8-3-4-9-14(13)21-16/h3-4,8-9,11-12H,5-7,10H2,1-2H3,(H,17,18). The molecule has 1 aliphatic rings. The predicted molar refractivity (Wildman–Crippen MR) is 82.1 cm³/mol. The smallest absolute Gasteiger partial charge is 0.296 e. The van der Waals surface area contributed by atoms with Gasteiger partial charge < -0.3 is 14.6 Å². The number of carbonyl (C=O) groups excluding carboxylic acids is 1. The van der Waals surface area contributed by atoms with Gasteiger partial charge in [-0.3, -0.25) is 4.79 Å². The molecule has 5 nitrogen and oxygen atoms in total. The van der Waals surface area contributed by atoms with Crippen molar-refractivity contribution < 1.29 is 9.21 Å². The third-order valence-electron chi connectivity index (χ3n) is 4.09. The van der Waals surface area contributed by atoms with Gasteiger partial charge in [0.15, 0.2) is 5.58 Å². The van der Waals surface area contributed by atoms with Crippen molar-refractivity contribution >= 4 is 23.0 Å². The minimum absolute atomic E-state index is 0.115. The van der Waals surface area contributed by atoms with Crippen LogP contribution in [0.3, 0.4) is 0 Å². The number of benzene rings is 1. The zero-order valence-electron chi connectivity index (χ0n) is 12.5. The molecule has 0 radical (unpaired) electrons. The Morgan fingerprint density at radius 3 is 3.00 bits per heavy atom. The highest BCUT2D eigenvalue weighted by atomic mass is 16.4. The Kier molecular flexibility index (Phi) is 3.82. The average Bonchev–Trinajstić information content (AvgIpc) is 2.89. The molecule has 1 aliphatic heterocycles. The number of nitrogens with one attached hydrogen (secondary N) is 1. The van der Waals surface area contributed by atoms with Crippen LogP contribution in [0.15, 0.2) is 28.7 Å². The topological polar surface area (TPSA) is 58.4 Å². The van der Waals surface area contributed by atoms with Gasteiger partial charge >= 0.3 is 0 Å². The van der Waals surface area contributed by atoms with Gasteiger partial charge in [0, 0.05) is 12.6 Å². The van der Waals surface area contributed by atoms with Crippen molar-refractivity contribution in [1.29, 1.82) is 0 Å². The summed E-state index contributed by atoms with van der Waals surface area (Å²) in [7, 11) is 0. The van der Waals surface area contributed by atoms with Crippen LogP contribution in [0.2, 0.25) is 0 Å². The van der Waals surface area contributed by atoms with Gasteiger partial charge in [0.05, 0.1) is 0 Å². The summed E-state index contributed by atoms with van der Waals surface area (Å²) in [6.45, 7) is 4.82. The number of oxazole rings is 1. The van der Waals surface area contributed by atoms with E-state index in [0.29, 0.717) is 12.1 Å². The van der Waals surface area contributed by atoms with Crippen LogP contribution in [0.5, 0.6) is 0 Å². The zero-order valence-corrected chi connectivity index (χ0v) is 12.5. The lowest BCUT2D eigenvalue weighted by Crippen LogP contribution is -2.48. The molecule has 1 aromatic carbocycles. The molecule has 3 rings (SSSR count). The number of carbonyl (C=O) groups is 1. The Balaban J connectivity index is 1.70. The highest BCUT2D eigenvalue weighted by molar-refractivity contribution is 5.84. The van der Waals surface area contributed by atoms with E-state index in [1.165, 1.54) is 6.42 Å². The largest absolute Gasteiger partial charge is 0.424 e. The average molecular weight is 287 g/mol. The van der Waals surface area contributed by atoms with E-state index in [-0.39, 0.29) is 11.9 Å². The zero-order chi connectivity index (χ0) is 14.8. The van der Waals surface area contributed by atoms with Crippen LogP contribution in [-0.4, -0.2) is 34.4 Å². The Hall–Kier alpha value is -2.04. The molecule has 2 heterocycles. The first-order valence-corrected chi connectivity index (χ1v) is 7.58. The monoisotopic (exact) mass is 287 g/mol. The van der Waals surface area contributed by atoms with Crippen LogP contribution in [-0.2, 0) is 4.79 Å². The minimum Gasteiger partial charge on any atom is -0.424 e. The fourth-order valence-corrected chi connectivity index (χ4v) is 2.86. The number of rotatable bonds is 3. The lowest BCUT2D eigenvalue weighted by Gasteiger charge is -2.35. The third-order valence-corrected chi connectivity index (χ3v) is 4.09. The van der Waals surface area contributed by atoms with Crippen molar-refractivity contribution in [3.05, 3.63) is 24.3 Å². The van der Waals surface area contributed by atoms with Crippen LogP contribution in [0.1, 0.15) is 33.1 Å². The van der Waals surface area contributed by atoms with E-state index in [0.717, 1.165) is 30.5 Å². The number of amides is 1. The summed E-state index contributed by atoms with van der Waals surface area (Å²) >= 11 is 0. The molecular weight excluding hydrogens is 266 g/mol. The first kappa shape index (κ1) is 13.9. The summed E-state index contributed by atoms with van der Waals surface area (Å²) in [6, 6.07) is 7.97. The van der Waals surface area contributed by atoms with Gasteiger partial charge in [0.1, 0.15) is 11.6 Å². The highest BCUT2D eigenvalue weighted by Crippen LogP contribution is 2.21. The first-order valence-electron chi connectivity index (χ1n) is 7.58. The quantitative estimate of drug-likeness (QED) is 0.942. The molecule has 2 atom stereocenters. The number of anilines is 1. The van der Waals surface area contributed by atoms with Crippen molar-refractivity contribution in [3.8, 4) is 0 Å². The molecule has 5 heteroatoms. The molecule has 112 valence electrons. The number of likely N-dealkylation sites (tertiary alicyclic amines) is 1. The van der Waals surface area contributed by atoms with E-state index in [2.05, 4.69) is 17.2 Å². The van der Waals surface area contributed by atoms with Gasteiger partial charge in [0.25, 0.3) is 6.01 Å². The molecule has 21 heavy (non-hydrogen) atoms. The number of hydrogen-bond donors (Lipinski definition) is 1. The highest BCUT2D eigenvalue weighted by Gasteiger charge is 2.27. The summed E-state index contributed by atoms with van der Waals surface area (Å²) in [5, 5.41) is 3.08. The molecule has 1 saturated heterocycles. The Morgan fingerprint density at radius 1 is 1.43 bits per heavy atom. The van der Waals surface area contributed by atoms with E-state index in [9.17, 15) is 4.79 Å². The van der Waals surface area contributed by atoms with Crippen molar-refractivity contribution in [3.63, 3.8) is 0 Å². The third kappa shape index (κ3) is 2.86. The first-order chi connectivity index (χ1) is 10.1. The van der Waals surface area contributed by atoms with Crippen LogP contribution in [0.4, 0.5) is 6.01 Å². The molecule has 1 aromatic heterocycles. The van der Waals surface area contributed by atoms with Crippen LogP contribution in [0.25, 0.3) is 11.1 Å². The number of nitrogens with zero attached hydrogens (tertiary/aromatic N) is 2. The number of para-hydroxylation sites is 2. The summed E-state index contributed by atoms with van der Waals surface area (Å²) in [6.07, 6.45) is 3.38. The van der Waals surface area contributed by atoms with Crippen molar-refractivity contribution in [2.45, 2.75) is 45.2 Å². The van der Waals surface area contributed by atoms with Crippen molar-refractivity contribution in [2.75, 3.05) is 11.9 Å². The SMILES string of the molecule is CC(Nc1nc2ccccc2o1)C(=O)N1CCCCC1C. The lowest BCUT2D eigenvalue weighted by atomic mass is 10.0. The number of piperidine rings is 1. The van der Waals surface area contributed by atoms with Gasteiger partial charge in [-0.05, 0) is 45.2 Å². The normalized spacial score (nSPS) is 20.5. The van der Waals surface area contributed by atoms with Crippen molar-refractivity contribution in [2.24, 2.45) is 0 Å².